The predicted molar refractivity (Wildman–Crippen MR) is 92.5 cm³/mol. The lowest BCUT2D eigenvalue weighted by Gasteiger charge is -2.18. The molecule has 1 saturated heterocycles. The first kappa shape index (κ1) is 16.1. The Bertz CT molecular complexity index is 706. The Balaban J connectivity index is 1.81. The quantitative estimate of drug-likeness (QED) is 0.920. The zero-order valence-corrected chi connectivity index (χ0v) is 14.5. The molecule has 1 amide bonds. The SMILES string of the molecule is Cc1[nH]c(C2CC(=O)N(CC(C)C)C2)nc1-c1ccc(Cl)cc1. The van der Waals surface area contributed by atoms with Crippen LogP contribution in [0, 0.1) is 12.8 Å². The van der Waals surface area contributed by atoms with E-state index in [0.29, 0.717) is 17.4 Å². The molecule has 0 aliphatic carbocycles. The van der Waals surface area contributed by atoms with E-state index in [2.05, 4.69) is 18.8 Å². The van der Waals surface area contributed by atoms with Gasteiger partial charge in [-0.15, -0.1) is 0 Å². The van der Waals surface area contributed by atoms with Crippen molar-refractivity contribution in [3.8, 4) is 11.3 Å². The normalized spacial score (nSPS) is 18.2. The Morgan fingerprint density at radius 3 is 2.70 bits per heavy atom. The van der Waals surface area contributed by atoms with Crippen LogP contribution in [-0.4, -0.2) is 33.9 Å². The molecule has 4 nitrogen and oxygen atoms in total. The zero-order chi connectivity index (χ0) is 16.6. The maximum atomic E-state index is 12.2. The van der Waals surface area contributed by atoms with Crippen molar-refractivity contribution >= 4 is 17.5 Å². The van der Waals surface area contributed by atoms with Crippen molar-refractivity contribution in [2.45, 2.75) is 33.1 Å². The van der Waals surface area contributed by atoms with Crippen molar-refractivity contribution in [3.05, 3.63) is 40.8 Å². The van der Waals surface area contributed by atoms with Crippen LogP contribution in [-0.2, 0) is 4.79 Å². The summed E-state index contributed by atoms with van der Waals surface area (Å²) in [5, 5.41) is 0.716. The first-order chi connectivity index (χ1) is 10.9. The van der Waals surface area contributed by atoms with E-state index in [1.54, 1.807) is 0 Å². The van der Waals surface area contributed by atoms with Gasteiger partial charge in [0.05, 0.1) is 5.69 Å². The summed E-state index contributed by atoms with van der Waals surface area (Å²) in [6.07, 6.45) is 0.541. The third-order valence-corrected chi connectivity index (χ3v) is 4.46. The second-order valence-corrected chi connectivity index (χ2v) is 7.13. The van der Waals surface area contributed by atoms with Crippen molar-refractivity contribution in [3.63, 3.8) is 0 Å². The van der Waals surface area contributed by atoms with Crippen LogP contribution in [0.1, 0.15) is 37.7 Å². The van der Waals surface area contributed by atoms with Gasteiger partial charge in [-0.2, -0.15) is 0 Å². The van der Waals surface area contributed by atoms with Crippen molar-refractivity contribution < 1.29 is 4.79 Å². The van der Waals surface area contributed by atoms with Crippen LogP contribution >= 0.6 is 11.6 Å². The summed E-state index contributed by atoms with van der Waals surface area (Å²) >= 11 is 5.95. The second kappa shape index (κ2) is 6.36. The van der Waals surface area contributed by atoms with Crippen LogP contribution in [0.2, 0.25) is 5.02 Å². The third-order valence-electron chi connectivity index (χ3n) is 4.21. The van der Waals surface area contributed by atoms with Crippen molar-refractivity contribution in [2.24, 2.45) is 5.92 Å². The second-order valence-electron chi connectivity index (χ2n) is 6.70. The molecule has 1 atom stereocenters. The molecule has 1 aromatic carbocycles. The summed E-state index contributed by atoms with van der Waals surface area (Å²) < 4.78 is 0. The van der Waals surface area contributed by atoms with Gasteiger partial charge in [0.15, 0.2) is 0 Å². The van der Waals surface area contributed by atoms with Crippen LogP contribution in [0.25, 0.3) is 11.3 Å². The van der Waals surface area contributed by atoms with Crippen LogP contribution in [0.5, 0.6) is 0 Å². The highest BCUT2D eigenvalue weighted by atomic mass is 35.5. The molecule has 23 heavy (non-hydrogen) atoms. The summed E-state index contributed by atoms with van der Waals surface area (Å²) in [5.74, 6) is 1.78. The van der Waals surface area contributed by atoms with E-state index < -0.39 is 0 Å². The van der Waals surface area contributed by atoms with Gasteiger partial charge in [-0.1, -0.05) is 37.6 Å². The summed E-state index contributed by atoms with van der Waals surface area (Å²) in [5.41, 5.74) is 3.00. The topological polar surface area (TPSA) is 49.0 Å². The van der Waals surface area contributed by atoms with E-state index in [-0.39, 0.29) is 11.8 Å². The minimum absolute atomic E-state index is 0.154. The van der Waals surface area contributed by atoms with Crippen LogP contribution in [0.3, 0.4) is 0 Å². The molecule has 0 saturated carbocycles. The molecule has 1 aliphatic rings. The van der Waals surface area contributed by atoms with Crippen molar-refractivity contribution in [1.82, 2.24) is 14.9 Å². The van der Waals surface area contributed by atoms with Gasteiger partial charge in [-0.25, -0.2) is 4.98 Å². The van der Waals surface area contributed by atoms with Crippen LogP contribution < -0.4 is 0 Å². The number of benzene rings is 1. The highest BCUT2D eigenvalue weighted by Gasteiger charge is 2.33. The molecule has 3 rings (SSSR count). The largest absolute Gasteiger partial charge is 0.345 e. The first-order valence-corrected chi connectivity index (χ1v) is 8.42. The Hall–Kier alpha value is -1.81. The number of carbonyl (C=O) groups excluding carboxylic acids is 1. The number of carbonyl (C=O) groups is 1. The molecular formula is C18H22ClN3O. The number of aryl methyl sites for hydroxylation is 1. The van der Waals surface area contributed by atoms with Gasteiger partial charge in [0.25, 0.3) is 0 Å². The number of H-pyrrole nitrogens is 1. The average Bonchev–Trinajstić information content (AvgIpc) is 3.03. The van der Waals surface area contributed by atoms with Crippen LogP contribution in [0.4, 0.5) is 0 Å². The van der Waals surface area contributed by atoms with Gasteiger partial charge in [0.1, 0.15) is 5.82 Å². The number of imidazole rings is 1. The molecular weight excluding hydrogens is 310 g/mol. The molecule has 0 radical (unpaired) electrons. The first-order valence-electron chi connectivity index (χ1n) is 8.04. The molecule has 1 aromatic heterocycles. The lowest BCUT2D eigenvalue weighted by Crippen LogP contribution is -2.29. The van der Waals surface area contributed by atoms with Gasteiger partial charge >= 0.3 is 0 Å². The van der Waals surface area contributed by atoms with Gasteiger partial charge in [-0.05, 0) is 25.0 Å². The van der Waals surface area contributed by atoms with E-state index in [1.165, 1.54) is 0 Å². The number of likely N-dealkylation sites (tertiary alicyclic amines) is 1. The fraction of sp³-hybridized carbons (Fsp3) is 0.444. The number of aromatic amines is 1. The maximum absolute atomic E-state index is 12.2. The number of rotatable bonds is 4. The Labute approximate surface area is 141 Å². The Kier molecular flexibility index (Phi) is 4.44. The van der Waals surface area contributed by atoms with Gasteiger partial charge in [0.2, 0.25) is 5.91 Å². The number of nitrogens with one attached hydrogen (secondary N) is 1. The molecule has 0 bridgehead atoms. The number of amides is 1. The Morgan fingerprint density at radius 1 is 1.35 bits per heavy atom. The lowest BCUT2D eigenvalue weighted by atomic mass is 10.1. The fourth-order valence-corrected chi connectivity index (χ4v) is 3.26. The number of hydrogen-bond acceptors (Lipinski definition) is 2. The van der Waals surface area contributed by atoms with E-state index >= 15 is 0 Å². The Morgan fingerprint density at radius 2 is 2.04 bits per heavy atom. The molecule has 5 heteroatoms. The molecule has 122 valence electrons. The summed E-state index contributed by atoms with van der Waals surface area (Å²) in [6, 6.07) is 7.68. The fourth-order valence-electron chi connectivity index (χ4n) is 3.14. The van der Waals surface area contributed by atoms with E-state index in [4.69, 9.17) is 16.6 Å². The van der Waals surface area contributed by atoms with E-state index in [1.807, 2.05) is 36.1 Å². The number of halogens is 1. The minimum Gasteiger partial charge on any atom is -0.345 e. The number of nitrogens with zero attached hydrogens (tertiary/aromatic N) is 2. The molecule has 1 aliphatic heterocycles. The maximum Gasteiger partial charge on any atom is 0.223 e. The molecule has 0 spiro atoms. The number of aromatic nitrogens is 2. The summed E-state index contributed by atoms with van der Waals surface area (Å²) in [6.45, 7) is 7.86. The zero-order valence-electron chi connectivity index (χ0n) is 13.8. The monoisotopic (exact) mass is 331 g/mol. The lowest BCUT2D eigenvalue weighted by molar-refractivity contribution is -0.128. The van der Waals surface area contributed by atoms with Crippen LogP contribution in [0.15, 0.2) is 24.3 Å². The summed E-state index contributed by atoms with van der Waals surface area (Å²) in [7, 11) is 0. The molecule has 2 heterocycles. The smallest absolute Gasteiger partial charge is 0.223 e. The molecule has 2 aromatic rings. The standard InChI is InChI=1S/C18H22ClN3O/c1-11(2)9-22-10-14(8-16(22)23)18-20-12(3)17(21-18)13-4-6-15(19)7-5-13/h4-7,11,14H,8-10H2,1-3H3,(H,20,21). The minimum atomic E-state index is 0.154. The summed E-state index contributed by atoms with van der Waals surface area (Å²) in [4.78, 5) is 22.2. The molecule has 1 unspecified atom stereocenters. The molecule has 1 fully saturated rings. The average molecular weight is 332 g/mol. The van der Waals surface area contributed by atoms with Crippen molar-refractivity contribution in [1.29, 1.82) is 0 Å². The highest BCUT2D eigenvalue weighted by molar-refractivity contribution is 6.30. The molecule has 1 N–H and O–H groups in total. The third kappa shape index (κ3) is 3.42. The van der Waals surface area contributed by atoms with Crippen molar-refractivity contribution in [2.75, 3.05) is 13.1 Å². The van der Waals surface area contributed by atoms with Gasteiger partial charge in [0, 0.05) is 41.7 Å². The highest BCUT2D eigenvalue weighted by Crippen LogP contribution is 2.30. The van der Waals surface area contributed by atoms with E-state index in [9.17, 15) is 4.79 Å². The van der Waals surface area contributed by atoms with E-state index in [0.717, 1.165) is 35.9 Å². The van der Waals surface area contributed by atoms with Gasteiger partial charge in [-0.3, -0.25) is 4.79 Å². The predicted octanol–water partition coefficient (Wildman–Crippen LogP) is 4.01. The number of hydrogen-bond donors (Lipinski definition) is 1. The van der Waals surface area contributed by atoms with Gasteiger partial charge < -0.3 is 9.88 Å².